The summed E-state index contributed by atoms with van der Waals surface area (Å²) < 4.78 is 0. The molecule has 0 spiro atoms. The van der Waals surface area contributed by atoms with Gasteiger partial charge in [0.05, 0.1) is 11.0 Å². The van der Waals surface area contributed by atoms with Crippen LogP contribution in [0.3, 0.4) is 0 Å². The summed E-state index contributed by atoms with van der Waals surface area (Å²) in [5, 5.41) is 3.15. The van der Waals surface area contributed by atoms with Gasteiger partial charge in [-0.3, -0.25) is 0 Å². The zero-order valence-corrected chi connectivity index (χ0v) is 16.7. The van der Waals surface area contributed by atoms with Crippen molar-refractivity contribution in [3.63, 3.8) is 0 Å². The van der Waals surface area contributed by atoms with Gasteiger partial charge in [0.2, 0.25) is 0 Å². The molecule has 140 valence electrons. The number of nitrogens with one attached hydrogen (secondary N) is 1. The number of hydrogen-bond donors (Lipinski definition) is 3. The number of halogens is 1. The lowest BCUT2D eigenvalue weighted by Gasteiger charge is -2.08. The molecule has 0 saturated heterocycles. The van der Waals surface area contributed by atoms with Gasteiger partial charge in [0.1, 0.15) is 0 Å². The maximum Gasteiger partial charge on any atom is 0.0999 e. The molecule has 0 heterocycles. The van der Waals surface area contributed by atoms with Gasteiger partial charge in [0.15, 0.2) is 0 Å². The van der Waals surface area contributed by atoms with Crippen LogP contribution < -0.4 is 16.8 Å². The molecule has 1 fully saturated rings. The topological polar surface area (TPSA) is 64.1 Å². The molecule has 24 heavy (non-hydrogen) atoms. The first kappa shape index (κ1) is 24.9. The molecule has 1 rings (SSSR count). The zero-order chi connectivity index (χ0) is 18.8. The molecule has 0 aromatic carbocycles. The highest BCUT2D eigenvalue weighted by atomic mass is 35.5. The Kier molecular flexibility index (Phi) is 18.7. The second-order valence-electron chi connectivity index (χ2n) is 5.73. The van der Waals surface area contributed by atoms with Crippen molar-refractivity contribution in [3.8, 4) is 0 Å². The van der Waals surface area contributed by atoms with Gasteiger partial charge in [-0.25, -0.2) is 0 Å². The van der Waals surface area contributed by atoms with E-state index in [-0.39, 0.29) is 5.16 Å². The van der Waals surface area contributed by atoms with Crippen molar-refractivity contribution in [2.24, 2.45) is 17.4 Å². The summed E-state index contributed by atoms with van der Waals surface area (Å²) in [5.74, 6) is 1.56. The first-order valence-electron chi connectivity index (χ1n) is 9.08. The van der Waals surface area contributed by atoms with Crippen LogP contribution in [0.2, 0.25) is 0 Å². The molecule has 5 N–H and O–H groups in total. The van der Waals surface area contributed by atoms with Crippen LogP contribution in [0, 0.1) is 5.92 Å². The maximum atomic E-state index is 5.75. The minimum Gasteiger partial charge on any atom is -0.389 e. The van der Waals surface area contributed by atoms with E-state index in [2.05, 4.69) is 25.4 Å². The summed E-state index contributed by atoms with van der Waals surface area (Å²) >= 11 is 5.55. The lowest BCUT2D eigenvalue weighted by atomic mass is 10.0. The van der Waals surface area contributed by atoms with Crippen molar-refractivity contribution in [1.29, 1.82) is 0 Å². The van der Waals surface area contributed by atoms with E-state index < -0.39 is 0 Å². The number of allylic oxidation sites excluding steroid dienone is 3. The Bertz CT molecular complexity index is 374. The molecule has 0 amide bonds. The highest BCUT2D eigenvalue weighted by Crippen LogP contribution is 2.21. The smallest absolute Gasteiger partial charge is 0.0999 e. The van der Waals surface area contributed by atoms with E-state index in [0.717, 1.165) is 11.5 Å². The van der Waals surface area contributed by atoms with E-state index in [1.54, 1.807) is 18.2 Å². The monoisotopic (exact) mass is 355 g/mol. The Morgan fingerprint density at radius 3 is 2.04 bits per heavy atom. The lowest BCUT2D eigenvalue weighted by molar-refractivity contribution is 0.505. The number of nitrogens with two attached hydrogens (primary N) is 2. The molecule has 0 bridgehead atoms. The van der Waals surface area contributed by atoms with Crippen LogP contribution in [-0.2, 0) is 0 Å². The van der Waals surface area contributed by atoms with E-state index in [9.17, 15) is 0 Å². The Morgan fingerprint density at radius 2 is 1.62 bits per heavy atom. The van der Waals surface area contributed by atoms with E-state index in [4.69, 9.17) is 23.1 Å². The predicted octanol–water partition coefficient (Wildman–Crippen LogP) is 5.55. The van der Waals surface area contributed by atoms with Crippen LogP contribution in [0.15, 0.2) is 47.9 Å². The van der Waals surface area contributed by atoms with E-state index in [1.165, 1.54) is 38.5 Å². The third-order valence-electron chi connectivity index (χ3n) is 3.60. The second-order valence-corrected chi connectivity index (χ2v) is 6.16. The van der Waals surface area contributed by atoms with Gasteiger partial charge in [-0.15, -0.1) is 13.2 Å². The van der Waals surface area contributed by atoms with Crippen LogP contribution >= 0.6 is 11.6 Å². The molecule has 3 nitrogen and oxygen atoms in total. The Balaban J connectivity index is 0. The average Bonchev–Trinajstić information content (AvgIpc) is 2.82. The lowest BCUT2D eigenvalue weighted by Crippen LogP contribution is -2.22. The van der Waals surface area contributed by atoms with Gasteiger partial charge in [-0.2, -0.15) is 0 Å². The van der Waals surface area contributed by atoms with Gasteiger partial charge >= 0.3 is 0 Å². The molecule has 0 aromatic rings. The first-order valence-corrected chi connectivity index (χ1v) is 9.46. The van der Waals surface area contributed by atoms with Gasteiger partial charge in [0, 0.05) is 6.54 Å². The molecule has 0 aromatic heterocycles. The average molecular weight is 356 g/mol. The number of hydrogen-bond acceptors (Lipinski definition) is 3. The largest absolute Gasteiger partial charge is 0.389 e. The van der Waals surface area contributed by atoms with Crippen molar-refractivity contribution in [3.05, 3.63) is 47.9 Å². The third kappa shape index (κ3) is 15.5. The molecule has 1 saturated carbocycles. The normalized spacial score (nSPS) is 16.2. The number of rotatable bonds is 6. The van der Waals surface area contributed by atoms with E-state index in [1.807, 2.05) is 13.8 Å². The van der Waals surface area contributed by atoms with Crippen LogP contribution in [0.25, 0.3) is 0 Å². The fourth-order valence-corrected chi connectivity index (χ4v) is 2.48. The van der Waals surface area contributed by atoms with Crippen molar-refractivity contribution in [2.75, 3.05) is 6.54 Å². The van der Waals surface area contributed by atoms with Gasteiger partial charge in [0.25, 0.3) is 0 Å². The van der Waals surface area contributed by atoms with Crippen molar-refractivity contribution in [1.82, 2.24) is 5.32 Å². The second kappa shape index (κ2) is 18.0. The summed E-state index contributed by atoms with van der Waals surface area (Å²) in [5.41, 5.74) is 11.9. The van der Waals surface area contributed by atoms with Crippen LogP contribution in [0.1, 0.15) is 65.7 Å². The Hall–Kier alpha value is -1.35. The molecule has 0 unspecified atom stereocenters. The molecule has 1 aliphatic rings. The fourth-order valence-electron chi connectivity index (χ4n) is 2.35. The van der Waals surface area contributed by atoms with Gasteiger partial charge in [-0.05, 0) is 24.0 Å². The fraction of sp³-hybridized carbons (Fsp3) is 0.600. The standard InChI is InChI=1S/C10H16ClN3.C8H16.C2H6/c1-3-5-8(7-9(11)12)10(13)14-6-4-2;1-8-6-4-2-3-5-7-8;1-2/h3-4,7,14H,1-2,5-6,12-13H2;8H,2-7H2,1H3;1-2H3/b9-7-,10-8+;;. The van der Waals surface area contributed by atoms with E-state index >= 15 is 0 Å². The minimum atomic E-state index is 0.199. The van der Waals surface area contributed by atoms with Crippen LogP contribution in [0.5, 0.6) is 0 Å². The summed E-state index contributed by atoms with van der Waals surface area (Å²) in [6.45, 7) is 14.2. The molecule has 4 heteroatoms. The quantitative estimate of drug-likeness (QED) is 0.253. The highest BCUT2D eigenvalue weighted by molar-refractivity contribution is 6.29. The third-order valence-corrected chi connectivity index (χ3v) is 3.71. The summed E-state index contributed by atoms with van der Waals surface area (Å²) in [6.07, 6.45) is 14.6. The SMILES string of the molecule is C=CCN/C(N)=C(/C=C(\N)Cl)CC=C.CC.CC1CCCCCC1. The Morgan fingerprint density at radius 1 is 1.08 bits per heavy atom. The predicted molar refractivity (Wildman–Crippen MR) is 111 cm³/mol. The molecule has 0 aliphatic heterocycles. The summed E-state index contributed by atoms with van der Waals surface area (Å²) in [6, 6.07) is 0. The molecule has 0 atom stereocenters. The van der Waals surface area contributed by atoms with Gasteiger partial charge in [-0.1, -0.05) is 83.0 Å². The summed E-state index contributed by atoms with van der Waals surface area (Å²) in [4.78, 5) is 0. The van der Waals surface area contributed by atoms with Crippen molar-refractivity contribution >= 4 is 11.6 Å². The molecular formula is C20H38ClN3. The molecule has 1 aliphatic carbocycles. The van der Waals surface area contributed by atoms with Gasteiger partial charge < -0.3 is 16.8 Å². The first-order chi connectivity index (χ1) is 11.5. The van der Waals surface area contributed by atoms with Crippen molar-refractivity contribution in [2.45, 2.75) is 65.7 Å². The molecular weight excluding hydrogens is 318 g/mol. The van der Waals surface area contributed by atoms with E-state index in [0.29, 0.717) is 18.8 Å². The van der Waals surface area contributed by atoms with Crippen LogP contribution in [0.4, 0.5) is 0 Å². The van der Waals surface area contributed by atoms with Crippen LogP contribution in [-0.4, -0.2) is 6.54 Å². The molecule has 0 radical (unpaired) electrons. The minimum absolute atomic E-state index is 0.199. The zero-order valence-electron chi connectivity index (χ0n) is 15.9. The summed E-state index contributed by atoms with van der Waals surface area (Å²) in [7, 11) is 0. The highest BCUT2D eigenvalue weighted by Gasteiger charge is 2.05. The Labute approximate surface area is 154 Å². The maximum absolute atomic E-state index is 5.75. The van der Waals surface area contributed by atoms with Crippen molar-refractivity contribution < 1.29 is 0 Å².